The van der Waals surface area contributed by atoms with E-state index in [0.717, 1.165) is 18.9 Å². The fourth-order valence-corrected chi connectivity index (χ4v) is 7.99. The van der Waals surface area contributed by atoms with Crippen LogP contribution in [0.4, 0.5) is 0 Å². The van der Waals surface area contributed by atoms with Gasteiger partial charge in [0.05, 0.1) is 0 Å². The first kappa shape index (κ1) is 12.4. The smallest absolute Gasteiger partial charge is 0.193 e. The lowest BCUT2D eigenvalue weighted by atomic mass is 10.2. The quantitative estimate of drug-likeness (QED) is 0.764. The van der Waals surface area contributed by atoms with E-state index in [1.165, 1.54) is 16.8 Å². The predicted octanol–water partition coefficient (Wildman–Crippen LogP) is 2.54. The van der Waals surface area contributed by atoms with Gasteiger partial charge in [0.25, 0.3) is 0 Å². The zero-order chi connectivity index (χ0) is 13.1. The summed E-state index contributed by atoms with van der Waals surface area (Å²) >= 11 is 0. The molecule has 0 spiro atoms. The van der Waals surface area contributed by atoms with Crippen molar-refractivity contribution in [2.75, 3.05) is 0 Å². The van der Waals surface area contributed by atoms with Crippen LogP contribution < -0.4 is 10.4 Å². The molecule has 1 aliphatic heterocycles. The van der Waals surface area contributed by atoms with Gasteiger partial charge >= 0.3 is 0 Å². The van der Waals surface area contributed by atoms with Crippen molar-refractivity contribution in [2.45, 2.75) is 25.3 Å². The van der Waals surface area contributed by atoms with E-state index in [1.807, 2.05) is 12.1 Å². The minimum Gasteiger partial charge on any atom is -0.305 e. The summed E-state index contributed by atoms with van der Waals surface area (Å²) in [6.07, 6.45) is 3.00. The second-order valence-corrected chi connectivity index (χ2v) is 9.29. The molecule has 0 bridgehead atoms. The van der Waals surface area contributed by atoms with Crippen molar-refractivity contribution >= 4 is 23.9 Å². The van der Waals surface area contributed by atoms with Crippen LogP contribution in [0.3, 0.4) is 0 Å². The topological polar surface area (TPSA) is 17.1 Å². The van der Waals surface area contributed by atoms with Crippen molar-refractivity contribution in [2.24, 2.45) is 0 Å². The van der Waals surface area contributed by atoms with Gasteiger partial charge in [0.1, 0.15) is 5.41 Å². The van der Waals surface area contributed by atoms with Gasteiger partial charge in [0, 0.05) is 6.42 Å². The van der Waals surface area contributed by atoms with Crippen molar-refractivity contribution in [3.05, 3.63) is 60.7 Å². The molecule has 19 heavy (non-hydrogen) atoms. The van der Waals surface area contributed by atoms with E-state index in [0.29, 0.717) is 5.41 Å². The standard InChI is InChI=1S/C17H18OSi/c18-17-13-7-8-14-19(17,15-9-3-1-4-10-15)16-11-5-2-6-12-16/h1-6,9-12H,7-8,13-14H2. The van der Waals surface area contributed by atoms with Crippen LogP contribution in [0.2, 0.25) is 6.04 Å². The molecule has 1 nitrogen and oxygen atoms in total. The van der Waals surface area contributed by atoms with E-state index in [-0.39, 0.29) is 0 Å². The second kappa shape index (κ2) is 5.14. The van der Waals surface area contributed by atoms with Gasteiger partial charge in [-0.05, 0) is 22.8 Å². The van der Waals surface area contributed by atoms with E-state index < -0.39 is 8.07 Å². The predicted molar refractivity (Wildman–Crippen MR) is 81.6 cm³/mol. The molecule has 3 rings (SSSR count). The highest BCUT2D eigenvalue weighted by molar-refractivity contribution is 7.22. The molecule has 0 aromatic heterocycles. The number of hydrogen-bond donors (Lipinski definition) is 0. The fraction of sp³-hybridized carbons (Fsp3) is 0.235. The normalized spacial score (nSPS) is 18.2. The Kier molecular flexibility index (Phi) is 3.34. The maximum absolute atomic E-state index is 12.8. The van der Waals surface area contributed by atoms with Crippen LogP contribution in [0.25, 0.3) is 0 Å². The Bertz CT molecular complexity index is 523. The first-order valence-corrected chi connectivity index (χ1v) is 9.19. The van der Waals surface area contributed by atoms with Gasteiger partial charge in [0.15, 0.2) is 8.07 Å². The van der Waals surface area contributed by atoms with Gasteiger partial charge in [-0.2, -0.15) is 0 Å². The third-order valence-electron chi connectivity index (χ3n) is 4.21. The third kappa shape index (κ3) is 2.06. The molecule has 0 radical (unpaired) electrons. The summed E-state index contributed by atoms with van der Waals surface area (Å²) in [5.74, 6) is 0. The minimum absolute atomic E-state index is 0.510. The van der Waals surface area contributed by atoms with Gasteiger partial charge in [-0.15, -0.1) is 0 Å². The maximum Gasteiger partial charge on any atom is 0.193 e. The summed E-state index contributed by atoms with van der Waals surface area (Å²) in [6, 6.07) is 22.0. The average molecular weight is 266 g/mol. The number of rotatable bonds is 2. The van der Waals surface area contributed by atoms with E-state index in [4.69, 9.17) is 0 Å². The lowest BCUT2D eigenvalue weighted by Gasteiger charge is -2.34. The molecule has 0 atom stereocenters. The van der Waals surface area contributed by atoms with Gasteiger partial charge in [-0.1, -0.05) is 67.1 Å². The van der Waals surface area contributed by atoms with E-state index in [2.05, 4.69) is 48.5 Å². The summed E-state index contributed by atoms with van der Waals surface area (Å²) in [5, 5.41) is 3.08. The summed E-state index contributed by atoms with van der Waals surface area (Å²) in [6.45, 7) is 0. The lowest BCUT2D eigenvalue weighted by molar-refractivity contribution is -0.113. The first-order valence-electron chi connectivity index (χ1n) is 6.98. The Morgan fingerprint density at radius 2 is 1.26 bits per heavy atom. The molecular weight excluding hydrogens is 248 g/mol. The van der Waals surface area contributed by atoms with Crippen LogP contribution in [0, 0.1) is 0 Å². The molecule has 2 aromatic carbocycles. The first-order chi connectivity index (χ1) is 9.34. The van der Waals surface area contributed by atoms with Crippen LogP contribution in [0.1, 0.15) is 19.3 Å². The van der Waals surface area contributed by atoms with Crippen molar-refractivity contribution < 1.29 is 4.79 Å². The van der Waals surface area contributed by atoms with Crippen LogP contribution in [-0.4, -0.2) is 13.5 Å². The molecule has 96 valence electrons. The molecule has 0 amide bonds. The molecule has 1 heterocycles. The molecule has 2 aromatic rings. The Labute approximate surface area is 115 Å². The van der Waals surface area contributed by atoms with Crippen LogP contribution in [0.5, 0.6) is 0 Å². The Morgan fingerprint density at radius 3 is 1.74 bits per heavy atom. The summed E-state index contributed by atoms with van der Waals surface area (Å²) in [4.78, 5) is 12.8. The molecular formula is C17H18OSi. The Balaban J connectivity index is 2.19. The molecule has 0 unspecified atom stereocenters. The zero-order valence-electron chi connectivity index (χ0n) is 11.0. The summed E-state index contributed by atoms with van der Waals surface area (Å²) < 4.78 is 0. The molecule has 0 aliphatic carbocycles. The minimum atomic E-state index is -2.18. The average Bonchev–Trinajstić information content (AvgIpc) is 2.50. The van der Waals surface area contributed by atoms with Crippen LogP contribution in [0.15, 0.2) is 60.7 Å². The number of benzene rings is 2. The van der Waals surface area contributed by atoms with Gasteiger partial charge in [-0.25, -0.2) is 0 Å². The molecule has 1 aliphatic rings. The third-order valence-corrected chi connectivity index (χ3v) is 9.16. The number of carbonyl (C=O) groups is 1. The molecule has 2 heteroatoms. The number of carbonyl (C=O) groups excluding carboxylic acids is 1. The van der Waals surface area contributed by atoms with Crippen molar-refractivity contribution in [3.63, 3.8) is 0 Å². The second-order valence-electron chi connectivity index (χ2n) is 5.27. The van der Waals surface area contributed by atoms with Crippen molar-refractivity contribution in [1.82, 2.24) is 0 Å². The molecule has 0 saturated carbocycles. The van der Waals surface area contributed by atoms with E-state index in [1.54, 1.807) is 0 Å². The van der Waals surface area contributed by atoms with Gasteiger partial charge in [0.2, 0.25) is 0 Å². The molecule has 1 fully saturated rings. The maximum atomic E-state index is 12.8. The summed E-state index contributed by atoms with van der Waals surface area (Å²) in [5.41, 5.74) is 0. The highest BCUT2D eigenvalue weighted by Gasteiger charge is 2.45. The van der Waals surface area contributed by atoms with Crippen molar-refractivity contribution in [3.8, 4) is 0 Å². The SMILES string of the molecule is O=C1CCCC[Si]1(c1ccccc1)c1ccccc1. The monoisotopic (exact) mass is 266 g/mol. The van der Waals surface area contributed by atoms with Crippen molar-refractivity contribution in [1.29, 1.82) is 0 Å². The van der Waals surface area contributed by atoms with E-state index >= 15 is 0 Å². The van der Waals surface area contributed by atoms with Crippen LogP contribution in [-0.2, 0) is 4.79 Å². The molecule has 1 saturated heterocycles. The lowest BCUT2D eigenvalue weighted by Crippen LogP contribution is -2.65. The zero-order valence-corrected chi connectivity index (χ0v) is 12.0. The van der Waals surface area contributed by atoms with E-state index in [9.17, 15) is 4.79 Å². The number of hydrogen-bond acceptors (Lipinski definition) is 1. The molecule has 0 N–H and O–H groups in total. The Morgan fingerprint density at radius 1 is 0.737 bits per heavy atom. The van der Waals surface area contributed by atoms with Gasteiger partial charge in [-0.3, -0.25) is 0 Å². The van der Waals surface area contributed by atoms with Crippen LogP contribution >= 0.6 is 0 Å². The fourth-order valence-electron chi connectivity index (χ4n) is 3.25. The Hall–Kier alpha value is -1.67. The summed E-state index contributed by atoms with van der Waals surface area (Å²) in [7, 11) is -2.18. The highest BCUT2D eigenvalue weighted by Crippen LogP contribution is 2.24. The largest absolute Gasteiger partial charge is 0.305 e. The van der Waals surface area contributed by atoms with Gasteiger partial charge < -0.3 is 4.79 Å². The highest BCUT2D eigenvalue weighted by atomic mass is 28.3.